The summed E-state index contributed by atoms with van der Waals surface area (Å²) >= 11 is 0. The summed E-state index contributed by atoms with van der Waals surface area (Å²) in [5.74, 6) is -0.731. The van der Waals surface area contributed by atoms with Gasteiger partial charge in [0.2, 0.25) is 0 Å². The maximum absolute atomic E-state index is 10.3. The number of hydrogen-bond acceptors (Lipinski definition) is 3. The number of carbonyl (C=O) groups is 1. The zero-order chi connectivity index (χ0) is 13.9. The Balaban J connectivity index is 2.13. The summed E-state index contributed by atoms with van der Waals surface area (Å²) < 4.78 is 0. The predicted molar refractivity (Wildman–Crippen MR) is 75.1 cm³/mol. The first-order chi connectivity index (χ1) is 9.22. The van der Waals surface area contributed by atoms with Gasteiger partial charge in [0.05, 0.1) is 6.61 Å². The maximum atomic E-state index is 10.3. The molecule has 0 aliphatic carbocycles. The fraction of sp³-hybridized carbons (Fsp3) is 0.533. The second-order valence-corrected chi connectivity index (χ2v) is 4.73. The summed E-state index contributed by atoms with van der Waals surface area (Å²) in [6, 6.07) is 10.1. The van der Waals surface area contributed by atoms with Crippen molar-refractivity contribution in [1.82, 2.24) is 5.32 Å². The van der Waals surface area contributed by atoms with Crippen molar-refractivity contribution in [3.8, 4) is 0 Å². The maximum Gasteiger partial charge on any atom is 0.303 e. The lowest BCUT2D eigenvalue weighted by Crippen LogP contribution is -2.35. The number of carboxylic acids is 1. The number of carboxylic acid groups (broad SMARTS) is 1. The first kappa shape index (κ1) is 15.7. The van der Waals surface area contributed by atoms with E-state index in [0.29, 0.717) is 0 Å². The van der Waals surface area contributed by atoms with Crippen LogP contribution in [-0.4, -0.2) is 35.4 Å². The van der Waals surface area contributed by atoms with Crippen LogP contribution in [-0.2, 0) is 11.2 Å². The molecule has 19 heavy (non-hydrogen) atoms. The highest BCUT2D eigenvalue weighted by molar-refractivity contribution is 5.66. The van der Waals surface area contributed by atoms with Crippen molar-refractivity contribution in [3.05, 3.63) is 35.9 Å². The van der Waals surface area contributed by atoms with E-state index in [2.05, 4.69) is 17.4 Å². The molecule has 0 amide bonds. The van der Waals surface area contributed by atoms with Gasteiger partial charge in [-0.05, 0) is 31.4 Å². The summed E-state index contributed by atoms with van der Waals surface area (Å²) in [4.78, 5) is 10.3. The van der Waals surface area contributed by atoms with E-state index in [9.17, 15) is 9.90 Å². The second kappa shape index (κ2) is 9.53. The lowest BCUT2D eigenvalue weighted by atomic mass is 10.1. The van der Waals surface area contributed by atoms with Gasteiger partial charge in [-0.2, -0.15) is 0 Å². The summed E-state index contributed by atoms with van der Waals surface area (Å²) in [5.41, 5.74) is 1.21. The van der Waals surface area contributed by atoms with Gasteiger partial charge in [0.15, 0.2) is 0 Å². The van der Waals surface area contributed by atoms with Crippen LogP contribution in [0.25, 0.3) is 0 Å². The molecule has 4 heteroatoms. The molecule has 1 aromatic rings. The number of benzene rings is 1. The topological polar surface area (TPSA) is 69.6 Å². The normalized spacial score (nSPS) is 12.3. The van der Waals surface area contributed by atoms with E-state index in [-0.39, 0.29) is 19.1 Å². The molecular formula is C15H23NO3. The number of unbranched alkanes of at least 4 members (excludes halogenated alkanes) is 2. The minimum Gasteiger partial charge on any atom is -0.481 e. The van der Waals surface area contributed by atoms with Crippen molar-refractivity contribution in [2.45, 2.75) is 38.1 Å². The van der Waals surface area contributed by atoms with Crippen LogP contribution in [0.1, 0.15) is 31.2 Å². The third-order valence-corrected chi connectivity index (χ3v) is 3.05. The Morgan fingerprint density at radius 3 is 2.53 bits per heavy atom. The third kappa shape index (κ3) is 7.59. The molecule has 1 unspecified atom stereocenters. The molecule has 0 saturated heterocycles. The van der Waals surface area contributed by atoms with Crippen molar-refractivity contribution in [3.63, 3.8) is 0 Å². The van der Waals surface area contributed by atoms with Gasteiger partial charge < -0.3 is 15.5 Å². The Labute approximate surface area is 114 Å². The Bertz CT molecular complexity index is 354. The molecule has 0 spiro atoms. The van der Waals surface area contributed by atoms with Crippen LogP contribution >= 0.6 is 0 Å². The fourth-order valence-electron chi connectivity index (χ4n) is 1.98. The first-order valence-electron chi connectivity index (χ1n) is 6.82. The molecule has 0 fully saturated rings. The van der Waals surface area contributed by atoms with Crippen molar-refractivity contribution in [1.29, 1.82) is 0 Å². The van der Waals surface area contributed by atoms with Crippen LogP contribution in [0, 0.1) is 0 Å². The standard InChI is InChI=1S/C15H23NO3/c17-12-14(11-13-7-3-1-4-8-13)16-10-6-2-5-9-15(18)19/h1,3-4,7-8,14,16-17H,2,5-6,9-12H2,(H,18,19). The number of aliphatic hydroxyl groups is 1. The number of hydrogen-bond donors (Lipinski definition) is 3. The second-order valence-electron chi connectivity index (χ2n) is 4.73. The predicted octanol–water partition coefficient (Wildman–Crippen LogP) is 1.82. The molecule has 1 atom stereocenters. The molecule has 3 N–H and O–H groups in total. The molecule has 0 aliphatic heterocycles. The smallest absolute Gasteiger partial charge is 0.303 e. The van der Waals surface area contributed by atoms with E-state index in [4.69, 9.17) is 5.11 Å². The van der Waals surface area contributed by atoms with E-state index in [0.717, 1.165) is 32.2 Å². The highest BCUT2D eigenvalue weighted by atomic mass is 16.4. The van der Waals surface area contributed by atoms with Gasteiger partial charge in [0.25, 0.3) is 0 Å². The van der Waals surface area contributed by atoms with Gasteiger partial charge >= 0.3 is 5.97 Å². The average molecular weight is 265 g/mol. The van der Waals surface area contributed by atoms with Gasteiger partial charge in [-0.3, -0.25) is 4.79 Å². The third-order valence-electron chi connectivity index (χ3n) is 3.05. The monoisotopic (exact) mass is 265 g/mol. The van der Waals surface area contributed by atoms with Crippen molar-refractivity contribution < 1.29 is 15.0 Å². The first-order valence-corrected chi connectivity index (χ1v) is 6.82. The lowest BCUT2D eigenvalue weighted by molar-refractivity contribution is -0.137. The van der Waals surface area contributed by atoms with Crippen LogP contribution in [0.4, 0.5) is 0 Å². The largest absolute Gasteiger partial charge is 0.481 e. The molecule has 0 bridgehead atoms. The average Bonchev–Trinajstić information content (AvgIpc) is 2.42. The number of aliphatic carboxylic acids is 1. The fourth-order valence-corrected chi connectivity index (χ4v) is 1.98. The summed E-state index contributed by atoms with van der Waals surface area (Å²) in [6.07, 6.45) is 3.63. The molecule has 0 aliphatic rings. The Morgan fingerprint density at radius 1 is 1.16 bits per heavy atom. The van der Waals surface area contributed by atoms with E-state index >= 15 is 0 Å². The molecule has 0 saturated carbocycles. The van der Waals surface area contributed by atoms with Crippen LogP contribution in [0.5, 0.6) is 0 Å². The number of aliphatic hydroxyl groups excluding tert-OH is 1. The minimum absolute atomic E-state index is 0.0712. The zero-order valence-electron chi connectivity index (χ0n) is 11.2. The molecule has 1 aromatic carbocycles. The van der Waals surface area contributed by atoms with Crippen LogP contribution in [0.3, 0.4) is 0 Å². The van der Waals surface area contributed by atoms with Gasteiger partial charge in [0.1, 0.15) is 0 Å². The van der Waals surface area contributed by atoms with Gasteiger partial charge in [0, 0.05) is 12.5 Å². The van der Waals surface area contributed by atoms with Crippen LogP contribution in [0.2, 0.25) is 0 Å². The minimum atomic E-state index is -0.731. The van der Waals surface area contributed by atoms with Crippen molar-refractivity contribution in [2.24, 2.45) is 0 Å². The van der Waals surface area contributed by atoms with Crippen LogP contribution in [0.15, 0.2) is 30.3 Å². The molecule has 0 heterocycles. The molecular weight excluding hydrogens is 242 g/mol. The Hall–Kier alpha value is -1.39. The quantitative estimate of drug-likeness (QED) is 0.564. The van der Waals surface area contributed by atoms with E-state index < -0.39 is 5.97 Å². The SMILES string of the molecule is O=C(O)CCCCCNC(CO)Cc1ccccc1. The van der Waals surface area contributed by atoms with Gasteiger partial charge in [-0.25, -0.2) is 0 Å². The summed E-state index contributed by atoms with van der Waals surface area (Å²) in [5, 5.41) is 21.1. The van der Waals surface area contributed by atoms with Crippen molar-refractivity contribution in [2.75, 3.05) is 13.2 Å². The highest BCUT2D eigenvalue weighted by Crippen LogP contribution is 2.04. The molecule has 4 nitrogen and oxygen atoms in total. The van der Waals surface area contributed by atoms with Crippen molar-refractivity contribution >= 4 is 5.97 Å². The summed E-state index contributed by atoms with van der Waals surface area (Å²) in [7, 11) is 0. The van der Waals surface area contributed by atoms with E-state index in [1.807, 2.05) is 18.2 Å². The van der Waals surface area contributed by atoms with E-state index in [1.54, 1.807) is 0 Å². The van der Waals surface area contributed by atoms with Crippen LogP contribution < -0.4 is 5.32 Å². The molecule has 1 rings (SSSR count). The van der Waals surface area contributed by atoms with Gasteiger partial charge in [-0.1, -0.05) is 36.8 Å². The van der Waals surface area contributed by atoms with E-state index in [1.165, 1.54) is 5.56 Å². The highest BCUT2D eigenvalue weighted by Gasteiger charge is 2.07. The lowest BCUT2D eigenvalue weighted by Gasteiger charge is -2.16. The zero-order valence-corrected chi connectivity index (χ0v) is 11.2. The Morgan fingerprint density at radius 2 is 1.89 bits per heavy atom. The van der Waals surface area contributed by atoms with Gasteiger partial charge in [-0.15, -0.1) is 0 Å². The summed E-state index contributed by atoms with van der Waals surface area (Å²) in [6.45, 7) is 0.932. The number of nitrogens with one attached hydrogen (secondary N) is 1. The Kier molecular flexibility index (Phi) is 7.86. The molecule has 106 valence electrons. The molecule has 0 aromatic heterocycles. The number of rotatable bonds is 10. The molecule has 0 radical (unpaired) electrons.